The second-order valence-corrected chi connectivity index (χ2v) is 12.1. The van der Waals surface area contributed by atoms with Gasteiger partial charge in [0, 0.05) is 24.5 Å². The molecule has 1 fully saturated rings. The van der Waals surface area contributed by atoms with Gasteiger partial charge in [-0.2, -0.15) is 14.7 Å². The Labute approximate surface area is 205 Å². The molecule has 9 nitrogen and oxygen atoms in total. The quantitative estimate of drug-likeness (QED) is 0.500. The standard InChI is InChI=1S/C25H32N6O3S/c1-25(2,3)30(4)35(33,34)19-12-10-18(11-13-19)28-23-22-21(14-15-27-24(22)32)31(29-23)20-9-7-5-6-8-17(20)16-26/h10-15,17,20H,5-9H2,1-4H3,(H,27,32)(H,28,29)/t17?,20-/m0/s1. The Morgan fingerprint density at radius 1 is 1.14 bits per heavy atom. The molecule has 2 N–H and O–H groups in total. The zero-order valence-electron chi connectivity index (χ0n) is 20.6. The minimum Gasteiger partial charge on any atom is -0.338 e. The smallest absolute Gasteiger partial charge is 0.261 e. The molecule has 1 unspecified atom stereocenters. The van der Waals surface area contributed by atoms with Gasteiger partial charge in [-0.15, -0.1) is 0 Å². The van der Waals surface area contributed by atoms with Crippen LogP contribution in [0.25, 0.3) is 10.9 Å². The first kappa shape index (κ1) is 24.9. The van der Waals surface area contributed by atoms with Gasteiger partial charge < -0.3 is 10.3 Å². The first-order valence-corrected chi connectivity index (χ1v) is 13.3. The van der Waals surface area contributed by atoms with E-state index in [4.69, 9.17) is 5.10 Å². The van der Waals surface area contributed by atoms with Crippen molar-refractivity contribution in [2.75, 3.05) is 12.4 Å². The van der Waals surface area contributed by atoms with Gasteiger partial charge in [0.1, 0.15) is 5.39 Å². The maximum atomic E-state index is 13.0. The normalized spacial score (nSPS) is 19.4. The lowest BCUT2D eigenvalue weighted by atomic mass is 9.96. The fraction of sp³-hybridized carbons (Fsp3) is 0.480. The minimum absolute atomic E-state index is 0.109. The van der Waals surface area contributed by atoms with Gasteiger partial charge in [0.2, 0.25) is 10.0 Å². The number of benzene rings is 1. The monoisotopic (exact) mass is 496 g/mol. The van der Waals surface area contributed by atoms with Crippen LogP contribution in [-0.2, 0) is 10.0 Å². The van der Waals surface area contributed by atoms with Crippen molar-refractivity contribution in [3.05, 3.63) is 46.9 Å². The van der Waals surface area contributed by atoms with Gasteiger partial charge >= 0.3 is 0 Å². The van der Waals surface area contributed by atoms with Crippen LogP contribution in [0, 0.1) is 17.2 Å². The molecule has 35 heavy (non-hydrogen) atoms. The molecule has 1 aliphatic carbocycles. The van der Waals surface area contributed by atoms with E-state index in [1.165, 1.54) is 4.31 Å². The first-order chi connectivity index (χ1) is 16.5. The Morgan fingerprint density at radius 3 is 2.49 bits per heavy atom. The van der Waals surface area contributed by atoms with Crippen molar-refractivity contribution < 1.29 is 8.42 Å². The van der Waals surface area contributed by atoms with Crippen LogP contribution in [0.3, 0.4) is 0 Å². The largest absolute Gasteiger partial charge is 0.338 e. The number of aromatic nitrogens is 3. The number of hydrogen-bond acceptors (Lipinski definition) is 6. The van der Waals surface area contributed by atoms with Gasteiger partial charge in [-0.3, -0.25) is 9.48 Å². The lowest BCUT2D eigenvalue weighted by Gasteiger charge is -2.30. The molecular weight excluding hydrogens is 464 g/mol. The molecule has 1 saturated carbocycles. The average molecular weight is 497 g/mol. The third-order valence-corrected chi connectivity index (χ3v) is 8.95. The molecule has 0 saturated heterocycles. The summed E-state index contributed by atoms with van der Waals surface area (Å²) in [5, 5.41) is 18.1. The van der Waals surface area contributed by atoms with E-state index in [2.05, 4.69) is 16.4 Å². The van der Waals surface area contributed by atoms with E-state index in [1.54, 1.807) is 37.5 Å². The third kappa shape index (κ3) is 4.83. The topological polar surface area (TPSA) is 124 Å². The minimum atomic E-state index is -3.65. The Morgan fingerprint density at radius 2 is 1.83 bits per heavy atom. The van der Waals surface area contributed by atoms with Crippen LogP contribution in [0.2, 0.25) is 0 Å². The summed E-state index contributed by atoms with van der Waals surface area (Å²) in [7, 11) is -2.09. The number of rotatable bonds is 5. The van der Waals surface area contributed by atoms with Crippen LogP contribution >= 0.6 is 0 Å². The molecular formula is C25H32N6O3S. The summed E-state index contributed by atoms with van der Waals surface area (Å²) in [6.07, 6.45) is 6.34. The number of fused-ring (bicyclic) bond motifs is 1. The van der Waals surface area contributed by atoms with Crippen LogP contribution in [-0.4, -0.2) is 40.1 Å². The van der Waals surface area contributed by atoms with Crippen molar-refractivity contribution in [2.24, 2.45) is 5.92 Å². The van der Waals surface area contributed by atoms with Crippen molar-refractivity contribution in [1.82, 2.24) is 19.1 Å². The maximum Gasteiger partial charge on any atom is 0.261 e. The molecule has 0 amide bonds. The van der Waals surface area contributed by atoms with Crippen molar-refractivity contribution in [3.8, 4) is 6.07 Å². The zero-order valence-corrected chi connectivity index (χ0v) is 21.4. The van der Waals surface area contributed by atoms with E-state index in [0.717, 1.165) is 32.1 Å². The molecule has 4 rings (SSSR count). The summed E-state index contributed by atoms with van der Waals surface area (Å²) < 4.78 is 29.1. The van der Waals surface area contributed by atoms with Gasteiger partial charge in [-0.25, -0.2) is 8.42 Å². The SMILES string of the molecule is CN(C(C)(C)C)S(=O)(=O)c1ccc(Nc2nn([C@H]3CCCCCC3C#N)c3cc[nH]c(=O)c23)cc1. The van der Waals surface area contributed by atoms with E-state index < -0.39 is 15.6 Å². The Hall–Kier alpha value is -3.16. The molecule has 1 aliphatic rings. The molecule has 2 heterocycles. The summed E-state index contributed by atoms with van der Waals surface area (Å²) in [6.45, 7) is 5.51. The van der Waals surface area contributed by atoms with Crippen LogP contribution in [0.4, 0.5) is 11.5 Å². The number of hydrogen-bond donors (Lipinski definition) is 2. The van der Waals surface area contributed by atoms with Gasteiger partial charge in [-0.05, 0) is 63.9 Å². The fourth-order valence-corrected chi connectivity index (χ4v) is 6.05. The molecule has 0 aliphatic heterocycles. The number of aromatic amines is 1. The number of pyridine rings is 1. The predicted molar refractivity (Wildman–Crippen MR) is 136 cm³/mol. The first-order valence-electron chi connectivity index (χ1n) is 11.9. The lowest BCUT2D eigenvalue weighted by molar-refractivity contribution is 0.292. The highest BCUT2D eigenvalue weighted by atomic mass is 32.2. The van der Waals surface area contributed by atoms with E-state index in [-0.39, 0.29) is 22.4 Å². The van der Waals surface area contributed by atoms with E-state index in [9.17, 15) is 18.5 Å². The number of anilines is 2. The highest BCUT2D eigenvalue weighted by Crippen LogP contribution is 2.36. The predicted octanol–water partition coefficient (Wildman–Crippen LogP) is 4.53. The molecule has 10 heteroatoms. The van der Waals surface area contributed by atoms with Crippen LogP contribution in [0.5, 0.6) is 0 Å². The molecule has 0 radical (unpaired) electrons. The number of nitriles is 1. The van der Waals surface area contributed by atoms with Crippen molar-refractivity contribution in [3.63, 3.8) is 0 Å². The van der Waals surface area contributed by atoms with Crippen molar-refractivity contribution >= 4 is 32.4 Å². The Kier molecular flexibility index (Phi) is 6.75. The van der Waals surface area contributed by atoms with Crippen molar-refractivity contribution in [1.29, 1.82) is 5.26 Å². The lowest BCUT2D eigenvalue weighted by Crippen LogP contribution is -2.42. The fourth-order valence-electron chi connectivity index (χ4n) is 4.54. The van der Waals surface area contributed by atoms with Gasteiger partial charge in [0.05, 0.1) is 28.4 Å². The summed E-state index contributed by atoms with van der Waals surface area (Å²) in [5.41, 5.74) is 0.454. The van der Waals surface area contributed by atoms with E-state index >= 15 is 0 Å². The van der Waals surface area contributed by atoms with Gasteiger partial charge in [0.25, 0.3) is 5.56 Å². The number of nitrogens with zero attached hydrogens (tertiary/aromatic N) is 4. The molecule has 186 valence electrons. The summed E-state index contributed by atoms with van der Waals surface area (Å²) in [4.78, 5) is 15.7. The molecule has 2 atom stereocenters. The molecule has 1 aromatic carbocycles. The average Bonchev–Trinajstić information content (AvgIpc) is 3.01. The summed E-state index contributed by atoms with van der Waals surface area (Å²) >= 11 is 0. The molecule has 0 bridgehead atoms. The highest BCUT2D eigenvalue weighted by molar-refractivity contribution is 7.89. The highest BCUT2D eigenvalue weighted by Gasteiger charge is 2.31. The third-order valence-electron chi connectivity index (χ3n) is 6.81. The van der Waals surface area contributed by atoms with Crippen LogP contribution < -0.4 is 10.9 Å². The number of nitrogens with one attached hydrogen (secondary N) is 2. The van der Waals surface area contributed by atoms with Crippen LogP contribution in [0.15, 0.2) is 46.2 Å². The summed E-state index contributed by atoms with van der Waals surface area (Å²) in [6, 6.07) is 10.6. The molecule has 0 spiro atoms. The van der Waals surface area contributed by atoms with Crippen molar-refractivity contribution in [2.45, 2.75) is 69.4 Å². The van der Waals surface area contributed by atoms with E-state index in [0.29, 0.717) is 22.4 Å². The van der Waals surface area contributed by atoms with Gasteiger partial charge in [-0.1, -0.05) is 19.3 Å². The van der Waals surface area contributed by atoms with Crippen LogP contribution in [0.1, 0.15) is 58.9 Å². The maximum absolute atomic E-state index is 13.0. The zero-order chi connectivity index (χ0) is 25.4. The summed E-state index contributed by atoms with van der Waals surface area (Å²) in [5.74, 6) is 0.210. The Bertz CT molecular complexity index is 1410. The second kappa shape index (κ2) is 9.47. The second-order valence-electron chi connectivity index (χ2n) is 10.1. The van der Waals surface area contributed by atoms with Gasteiger partial charge in [0.15, 0.2) is 5.82 Å². The molecule has 3 aromatic rings. The molecule has 2 aromatic heterocycles. The van der Waals surface area contributed by atoms with E-state index in [1.807, 2.05) is 31.5 Å². The number of H-pyrrole nitrogens is 1. The Balaban J connectivity index is 1.70. The number of sulfonamides is 1.